The standard InChI is InChI=1S/C10H16N2O/c1-3-6-13-10-4-5-12-9(7-10)8-11-2/h4-5,7,11H,3,6,8H2,1-2H3. The number of pyridine rings is 1. The average molecular weight is 180 g/mol. The summed E-state index contributed by atoms with van der Waals surface area (Å²) in [5.74, 6) is 0.905. The van der Waals surface area contributed by atoms with Crippen LogP contribution >= 0.6 is 0 Å². The molecule has 3 nitrogen and oxygen atoms in total. The lowest BCUT2D eigenvalue weighted by atomic mass is 10.3. The van der Waals surface area contributed by atoms with Gasteiger partial charge < -0.3 is 10.1 Å². The van der Waals surface area contributed by atoms with Crippen LogP contribution in [0, 0.1) is 0 Å². The first-order valence-corrected chi connectivity index (χ1v) is 4.59. The molecule has 0 atom stereocenters. The smallest absolute Gasteiger partial charge is 0.122 e. The number of aromatic nitrogens is 1. The number of hydrogen-bond acceptors (Lipinski definition) is 3. The molecule has 3 heteroatoms. The van der Waals surface area contributed by atoms with E-state index in [4.69, 9.17) is 4.74 Å². The summed E-state index contributed by atoms with van der Waals surface area (Å²) in [5, 5.41) is 3.05. The highest BCUT2D eigenvalue weighted by Crippen LogP contribution is 2.10. The van der Waals surface area contributed by atoms with Gasteiger partial charge in [-0.1, -0.05) is 6.92 Å². The van der Waals surface area contributed by atoms with Gasteiger partial charge in [-0.2, -0.15) is 0 Å². The molecule has 0 amide bonds. The van der Waals surface area contributed by atoms with Crippen LogP contribution in [-0.2, 0) is 6.54 Å². The summed E-state index contributed by atoms with van der Waals surface area (Å²) in [6.07, 6.45) is 2.81. The van der Waals surface area contributed by atoms with Crippen LogP contribution in [0.4, 0.5) is 0 Å². The van der Waals surface area contributed by atoms with Crippen LogP contribution in [0.3, 0.4) is 0 Å². The van der Waals surface area contributed by atoms with Crippen molar-refractivity contribution in [3.05, 3.63) is 24.0 Å². The maximum absolute atomic E-state index is 5.47. The first kappa shape index (κ1) is 9.99. The molecule has 0 unspecified atom stereocenters. The quantitative estimate of drug-likeness (QED) is 0.747. The fourth-order valence-electron chi connectivity index (χ4n) is 1.04. The van der Waals surface area contributed by atoms with Crippen LogP contribution in [-0.4, -0.2) is 18.6 Å². The third kappa shape index (κ3) is 3.42. The van der Waals surface area contributed by atoms with Gasteiger partial charge in [-0.3, -0.25) is 4.98 Å². The maximum atomic E-state index is 5.47. The van der Waals surface area contributed by atoms with Crippen molar-refractivity contribution in [2.75, 3.05) is 13.7 Å². The molecule has 1 N–H and O–H groups in total. The van der Waals surface area contributed by atoms with E-state index in [1.807, 2.05) is 19.2 Å². The van der Waals surface area contributed by atoms with Crippen molar-refractivity contribution in [2.24, 2.45) is 0 Å². The van der Waals surface area contributed by atoms with Gasteiger partial charge in [0.25, 0.3) is 0 Å². The fourth-order valence-corrected chi connectivity index (χ4v) is 1.04. The number of ether oxygens (including phenoxy) is 1. The summed E-state index contributed by atoms with van der Waals surface area (Å²) < 4.78 is 5.47. The average Bonchev–Trinajstić information content (AvgIpc) is 2.16. The highest BCUT2D eigenvalue weighted by Gasteiger charge is 1.96. The zero-order chi connectivity index (χ0) is 9.52. The Morgan fingerprint density at radius 3 is 3.08 bits per heavy atom. The lowest BCUT2D eigenvalue weighted by Crippen LogP contribution is -2.07. The van der Waals surface area contributed by atoms with Crippen molar-refractivity contribution in [3.8, 4) is 5.75 Å². The van der Waals surface area contributed by atoms with Crippen molar-refractivity contribution in [2.45, 2.75) is 19.9 Å². The second kappa shape index (κ2) is 5.54. The molecule has 0 aliphatic heterocycles. The van der Waals surface area contributed by atoms with E-state index < -0.39 is 0 Å². The van der Waals surface area contributed by atoms with E-state index in [0.29, 0.717) is 0 Å². The van der Waals surface area contributed by atoms with E-state index in [9.17, 15) is 0 Å². The second-order valence-electron chi connectivity index (χ2n) is 2.86. The summed E-state index contributed by atoms with van der Waals surface area (Å²) in [5.41, 5.74) is 1.01. The largest absolute Gasteiger partial charge is 0.493 e. The lowest BCUT2D eigenvalue weighted by molar-refractivity contribution is 0.316. The van der Waals surface area contributed by atoms with E-state index in [1.165, 1.54) is 0 Å². The summed E-state index contributed by atoms with van der Waals surface area (Å²) in [6.45, 7) is 3.64. The highest BCUT2D eigenvalue weighted by molar-refractivity contribution is 5.22. The molecule has 0 bridgehead atoms. The Morgan fingerprint density at radius 1 is 1.54 bits per heavy atom. The van der Waals surface area contributed by atoms with Gasteiger partial charge in [-0.05, 0) is 19.5 Å². The summed E-state index contributed by atoms with van der Waals surface area (Å²) in [7, 11) is 1.90. The molecule has 0 saturated carbocycles. The van der Waals surface area contributed by atoms with Gasteiger partial charge in [0.1, 0.15) is 5.75 Å². The van der Waals surface area contributed by atoms with E-state index in [0.717, 1.165) is 31.0 Å². The van der Waals surface area contributed by atoms with Gasteiger partial charge >= 0.3 is 0 Å². The Labute approximate surface area is 79.1 Å². The first-order valence-electron chi connectivity index (χ1n) is 4.59. The molecule has 1 rings (SSSR count). The van der Waals surface area contributed by atoms with Crippen LogP contribution in [0.5, 0.6) is 5.75 Å². The molecule has 0 saturated heterocycles. The third-order valence-electron chi connectivity index (χ3n) is 1.62. The van der Waals surface area contributed by atoms with Gasteiger partial charge in [0.2, 0.25) is 0 Å². The molecule has 1 heterocycles. The van der Waals surface area contributed by atoms with E-state index in [-0.39, 0.29) is 0 Å². The Kier molecular flexibility index (Phi) is 4.26. The van der Waals surface area contributed by atoms with Crippen molar-refractivity contribution < 1.29 is 4.74 Å². The second-order valence-corrected chi connectivity index (χ2v) is 2.86. The first-order chi connectivity index (χ1) is 6.36. The zero-order valence-electron chi connectivity index (χ0n) is 8.21. The predicted molar refractivity (Wildman–Crippen MR) is 52.8 cm³/mol. The molecule has 0 spiro atoms. The van der Waals surface area contributed by atoms with Gasteiger partial charge in [0, 0.05) is 18.8 Å². The number of hydrogen-bond donors (Lipinski definition) is 1. The molecule has 1 aromatic heterocycles. The van der Waals surface area contributed by atoms with Gasteiger partial charge in [-0.15, -0.1) is 0 Å². The topological polar surface area (TPSA) is 34.1 Å². The monoisotopic (exact) mass is 180 g/mol. The Morgan fingerprint density at radius 2 is 2.38 bits per heavy atom. The zero-order valence-corrected chi connectivity index (χ0v) is 8.21. The molecule has 0 aliphatic carbocycles. The minimum atomic E-state index is 0.767. The van der Waals surface area contributed by atoms with E-state index in [2.05, 4.69) is 17.2 Å². The fraction of sp³-hybridized carbons (Fsp3) is 0.500. The summed E-state index contributed by atoms with van der Waals surface area (Å²) >= 11 is 0. The maximum Gasteiger partial charge on any atom is 0.122 e. The lowest BCUT2D eigenvalue weighted by Gasteiger charge is -2.05. The molecule has 0 radical (unpaired) electrons. The van der Waals surface area contributed by atoms with Gasteiger partial charge in [-0.25, -0.2) is 0 Å². The molecule has 72 valence electrons. The third-order valence-corrected chi connectivity index (χ3v) is 1.62. The van der Waals surface area contributed by atoms with Gasteiger partial charge in [0.15, 0.2) is 0 Å². The predicted octanol–water partition coefficient (Wildman–Crippen LogP) is 1.59. The molecule has 0 aromatic carbocycles. The van der Waals surface area contributed by atoms with Crippen LogP contribution in [0.15, 0.2) is 18.3 Å². The molecule has 0 fully saturated rings. The van der Waals surface area contributed by atoms with Crippen molar-refractivity contribution >= 4 is 0 Å². The van der Waals surface area contributed by atoms with Gasteiger partial charge in [0.05, 0.1) is 12.3 Å². The SMILES string of the molecule is CCCOc1ccnc(CNC)c1. The Hall–Kier alpha value is -1.09. The van der Waals surface area contributed by atoms with Crippen molar-refractivity contribution in [1.82, 2.24) is 10.3 Å². The number of nitrogens with one attached hydrogen (secondary N) is 1. The van der Waals surface area contributed by atoms with Crippen LogP contribution in [0.25, 0.3) is 0 Å². The van der Waals surface area contributed by atoms with Crippen molar-refractivity contribution in [1.29, 1.82) is 0 Å². The Bertz CT molecular complexity index is 250. The number of rotatable bonds is 5. The molecule has 13 heavy (non-hydrogen) atoms. The van der Waals surface area contributed by atoms with E-state index >= 15 is 0 Å². The molecule has 0 aliphatic rings. The number of nitrogens with zero attached hydrogens (tertiary/aromatic N) is 1. The minimum absolute atomic E-state index is 0.767. The van der Waals surface area contributed by atoms with Crippen LogP contribution in [0.1, 0.15) is 19.0 Å². The molecule has 1 aromatic rings. The summed E-state index contributed by atoms with van der Waals surface area (Å²) in [6, 6.07) is 3.85. The normalized spacial score (nSPS) is 10.0. The highest BCUT2D eigenvalue weighted by atomic mass is 16.5. The van der Waals surface area contributed by atoms with Crippen LogP contribution < -0.4 is 10.1 Å². The Balaban J connectivity index is 2.56. The molecular weight excluding hydrogens is 164 g/mol. The minimum Gasteiger partial charge on any atom is -0.493 e. The summed E-state index contributed by atoms with van der Waals surface area (Å²) in [4.78, 5) is 4.19. The van der Waals surface area contributed by atoms with Crippen molar-refractivity contribution in [3.63, 3.8) is 0 Å². The van der Waals surface area contributed by atoms with Crippen LogP contribution in [0.2, 0.25) is 0 Å². The van der Waals surface area contributed by atoms with E-state index in [1.54, 1.807) is 6.20 Å². The molecular formula is C10H16N2O.